The zero-order valence-corrected chi connectivity index (χ0v) is 14.7. The van der Waals surface area contributed by atoms with E-state index in [1.54, 1.807) is 13.2 Å². The van der Waals surface area contributed by atoms with Crippen molar-refractivity contribution >= 4 is 5.69 Å². The third-order valence-electron chi connectivity index (χ3n) is 5.00. The number of ether oxygens (including phenoxy) is 1. The number of benzene rings is 2. The molecule has 1 N–H and O–H groups in total. The van der Waals surface area contributed by atoms with Gasteiger partial charge in [0.25, 0.3) is 0 Å². The summed E-state index contributed by atoms with van der Waals surface area (Å²) in [5.41, 5.74) is 3.85. The second-order valence-electron chi connectivity index (χ2n) is 6.42. The number of phenolic OH excluding ortho intramolecular Hbond substituents is 1. The summed E-state index contributed by atoms with van der Waals surface area (Å²) in [6.45, 7) is 8.51. The number of hydrogen-bond donors (Lipinski definition) is 1. The Balaban J connectivity index is 1.67. The Labute approximate surface area is 144 Å². The lowest BCUT2D eigenvalue weighted by molar-refractivity contribution is 0.198. The number of hydrogen-bond acceptors (Lipinski definition) is 4. The number of rotatable bonds is 4. The summed E-state index contributed by atoms with van der Waals surface area (Å²) in [6, 6.07) is 14.5. The van der Waals surface area contributed by atoms with E-state index in [2.05, 4.69) is 47.9 Å². The number of anilines is 1. The maximum absolute atomic E-state index is 9.77. The zero-order valence-electron chi connectivity index (χ0n) is 14.7. The zero-order chi connectivity index (χ0) is 17.1. The summed E-state index contributed by atoms with van der Waals surface area (Å²) in [4.78, 5) is 4.95. The van der Waals surface area contributed by atoms with Crippen LogP contribution in [0.2, 0.25) is 0 Å². The van der Waals surface area contributed by atoms with Crippen LogP contribution in [0, 0.1) is 6.92 Å². The number of nitrogens with zero attached hydrogens (tertiary/aromatic N) is 2. The second-order valence-corrected chi connectivity index (χ2v) is 6.42. The maximum Gasteiger partial charge on any atom is 0.160 e. The van der Waals surface area contributed by atoms with E-state index in [1.807, 2.05) is 12.1 Å². The van der Waals surface area contributed by atoms with Crippen molar-refractivity contribution in [2.45, 2.75) is 19.9 Å². The van der Waals surface area contributed by atoms with E-state index in [0.29, 0.717) is 11.8 Å². The van der Waals surface area contributed by atoms with Crippen LogP contribution in [0.3, 0.4) is 0 Å². The van der Waals surface area contributed by atoms with Crippen LogP contribution < -0.4 is 9.64 Å². The van der Waals surface area contributed by atoms with Gasteiger partial charge in [-0.05, 0) is 43.2 Å². The molecule has 0 spiro atoms. The topological polar surface area (TPSA) is 35.9 Å². The van der Waals surface area contributed by atoms with Gasteiger partial charge in [0.05, 0.1) is 7.11 Å². The van der Waals surface area contributed by atoms with Crippen LogP contribution in [0.25, 0.3) is 0 Å². The Morgan fingerprint density at radius 2 is 1.75 bits per heavy atom. The summed E-state index contributed by atoms with van der Waals surface area (Å²) in [5, 5.41) is 9.77. The van der Waals surface area contributed by atoms with Gasteiger partial charge < -0.3 is 14.7 Å². The highest BCUT2D eigenvalue weighted by molar-refractivity contribution is 5.53. The number of methoxy groups -OCH3 is 1. The molecular formula is C20H26N2O2. The molecule has 4 nitrogen and oxygen atoms in total. The fraction of sp³-hybridized carbons (Fsp3) is 0.400. The molecule has 2 aromatic carbocycles. The van der Waals surface area contributed by atoms with Crippen molar-refractivity contribution in [3.63, 3.8) is 0 Å². The monoisotopic (exact) mass is 326 g/mol. The summed E-state index contributed by atoms with van der Waals surface area (Å²) in [7, 11) is 1.59. The fourth-order valence-corrected chi connectivity index (χ4v) is 3.43. The van der Waals surface area contributed by atoms with Crippen LogP contribution in [-0.2, 0) is 0 Å². The van der Waals surface area contributed by atoms with Gasteiger partial charge in [-0.1, -0.05) is 24.3 Å². The highest BCUT2D eigenvalue weighted by Crippen LogP contribution is 2.31. The molecule has 1 fully saturated rings. The van der Waals surface area contributed by atoms with Gasteiger partial charge in [0.2, 0.25) is 0 Å². The van der Waals surface area contributed by atoms with E-state index in [4.69, 9.17) is 4.74 Å². The predicted molar refractivity (Wildman–Crippen MR) is 98.0 cm³/mol. The molecule has 24 heavy (non-hydrogen) atoms. The van der Waals surface area contributed by atoms with E-state index in [0.717, 1.165) is 26.2 Å². The third kappa shape index (κ3) is 3.34. The van der Waals surface area contributed by atoms with Crippen LogP contribution in [0.1, 0.15) is 24.1 Å². The third-order valence-corrected chi connectivity index (χ3v) is 5.00. The van der Waals surface area contributed by atoms with Gasteiger partial charge in [0, 0.05) is 37.9 Å². The van der Waals surface area contributed by atoms with Crippen LogP contribution in [0.5, 0.6) is 11.5 Å². The molecule has 128 valence electrons. The largest absolute Gasteiger partial charge is 0.504 e. The summed E-state index contributed by atoms with van der Waals surface area (Å²) in [5.74, 6) is 0.732. The molecular weight excluding hydrogens is 300 g/mol. The molecule has 1 atom stereocenters. The number of aromatic hydroxyl groups is 1. The first-order chi connectivity index (χ1) is 11.6. The van der Waals surface area contributed by atoms with E-state index in [1.165, 1.54) is 16.8 Å². The van der Waals surface area contributed by atoms with E-state index >= 15 is 0 Å². The second kappa shape index (κ2) is 7.14. The minimum Gasteiger partial charge on any atom is -0.504 e. The molecule has 4 heteroatoms. The van der Waals surface area contributed by atoms with E-state index < -0.39 is 0 Å². The quantitative estimate of drug-likeness (QED) is 0.931. The molecule has 0 bridgehead atoms. The minimum absolute atomic E-state index is 0.192. The van der Waals surface area contributed by atoms with Gasteiger partial charge in [-0.2, -0.15) is 0 Å². The van der Waals surface area contributed by atoms with Crippen molar-refractivity contribution in [1.29, 1.82) is 0 Å². The first kappa shape index (κ1) is 16.7. The van der Waals surface area contributed by atoms with E-state index in [9.17, 15) is 5.11 Å². The van der Waals surface area contributed by atoms with Crippen molar-refractivity contribution in [1.82, 2.24) is 4.90 Å². The first-order valence-corrected chi connectivity index (χ1v) is 8.51. The number of aryl methyl sites for hydroxylation is 1. The Hall–Kier alpha value is -2.20. The van der Waals surface area contributed by atoms with Crippen molar-refractivity contribution in [2.75, 3.05) is 38.2 Å². The first-order valence-electron chi connectivity index (χ1n) is 8.51. The molecule has 1 saturated heterocycles. The van der Waals surface area contributed by atoms with Crippen molar-refractivity contribution < 1.29 is 9.84 Å². The Morgan fingerprint density at radius 1 is 1.04 bits per heavy atom. The van der Waals surface area contributed by atoms with Gasteiger partial charge in [-0.3, -0.25) is 4.90 Å². The molecule has 1 unspecified atom stereocenters. The van der Waals surface area contributed by atoms with E-state index in [-0.39, 0.29) is 5.75 Å². The lowest BCUT2D eigenvalue weighted by Gasteiger charge is -2.39. The molecule has 0 aliphatic carbocycles. The molecule has 0 saturated carbocycles. The fourth-order valence-electron chi connectivity index (χ4n) is 3.43. The van der Waals surface area contributed by atoms with Gasteiger partial charge in [-0.25, -0.2) is 0 Å². The summed E-state index contributed by atoms with van der Waals surface area (Å²) >= 11 is 0. The molecule has 0 radical (unpaired) electrons. The normalized spacial score (nSPS) is 16.9. The van der Waals surface area contributed by atoms with Crippen LogP contribution in [-0.4, -0.2) is 43.3 Å². The summed E-state index contributed by atoms with van der Waals surface area (Å²) in [6.07, 6.45) is 0. The summed E-state index contributed by atoms with van der Waals surface area (Å²) < 4.78 is 5.23. The Bertz CT molecular complexity index is 694. The van der Waals surface area contributed by atoms with Gasteiger partial charge >= 0.3 is 0 Å². The lowest BCUT2D eigenvalue weighted by Crippen LogP contribution is -2.47. The molecule has 3 rings (SSSR count). The van der Waals surface area contributed by atoms with Gasteiger partial charge in [0.15, 0.2) is 11.5 Å². The molecule has 2 aromatic rings. The number of para-hydroxylation sites is 1. The Morgan fingerprint density at radius 3 is 2.42 bits per heavy atom. The standard InChI is InChI=1S/C20H26N2O2/c1-15-6-4-5-7-18(15)22-12-10-21(11-13-22)16(2)17-8-9-19(23)20(14-17)24-3/h4-9,14,16,23H,10-13H2,1-3H3. The number of phenols is 1. The van der Waals surface area contributed by atoms with Crippen LogP contribution in [0.15, 0.2) is 42.5 Å². The highest BCUT2D eigenvalue weighted by Gasteiger charge is 2.23. The van der Waals surface area contributed by atoms with Gasteiger partial charge in [0.1, 0.15) is 0 Å². The Kier molecular flexibility index (Phi) is 4.95. The molecule has 0 aromatic heterocycles. The smallest absolute Gasteiger partial charge is 0.160 e. The average Bonchev–Trinajstić information content (AvgIpc) is 2.62. The minimum atomic E-state index is 0.192. The van der Waals surface area contributed by atoms with Gasteiger partial charge in [-0.15, -0.1) is 0 Å². The molecule has 1 aliphatic heterocycles. The predicted octanol–water partition coefficient (Wildman–Crippen LogP) is 3.59. The SMILES string of the molecule is COc1cc(C(C)N2CCN(c3ccccc3C)CC2)ccc1O. The lowest BCUT2D eigenvalue weighted by atomic mass is 10.0. The highest BCUT2D eigenvalue weighted by atomic mass is 16.5. The van der Waals surface area contributed by atoms with Crippen LogP contribution >= 0.6 is 0 Å². The van der Waals surface area contributed by atoms with Crippen molar-refractivity contribution in [2.24, 2.45) is 0 Å². The molecule has 1 aliphatic rings. The van der Waals surface area contributed by atoms with Crippen molar-refractivity contribution in [3.8, 4) is 11.5 Å². The molecule has 1 heterocycles. The average molecular weight is 326 g/mol. The number of piperazine rings is 1. The molecule has 0 amide bonds. The van der Waals surface area contributed by atoms with Crippen LogP contribution in [0.4, 0.5) is 5.69 Å². The van der Waals surface area contributed by atoms with Crippen molar-refractivity contribution in [3.05, 3.63) is 53.6 Å². The maximum atomic E-state index is 9.77.